The predicted octanol–water partition coefficient (Wildman–Crippen LogP) is 14.1. The minimum absolute atomic E-state index is 0.575. The molecule has 4 aromatic heterocycles. The van der Waals surface area contributed by atoms with Gasteiger partial charge in [0, 0.05) is 47.3 Å². The standard InChI is InChI=1S/C50H27N3OS/c1-2-13-29-28(12-1)24-26-38-45(29)47-39(27-25-34-32-16-4-3-14-30(32)31-15-5-6-17-33(31)44(34)47)53(38)50-51-48(46-35-18-7-9-21-40(35)54-49(46)52-50)37-20-11-23-42-43(37)36-19-8-10-22-41(36)55-42/h1-27H. The molecule has 4 heterocycles. The molecule has 55 heavy (non-hydrogen) atoms. The highest BCUT2D eigenvalue weighted by Crippen LogP contribution is 2.47. The summed E-state index contributed by atoms with van der Waals surface area (Å²) in [7, 11) is 0. The van der Waals surface area contributed by atoms with Crippen LogP contribution in [0.2, 0.25) is 0 Å². The van der Waals surface area contributed by atoms with E-state index in [9.17, 15) is 0 Å². The molecule has 0 spiro atoms. The largest absolute Gasteiger partial charge is 0.437 e. The molecule has 0 aliphatic rings. The summed E-state index contributed by atoms with van der Waals surface area (Å²) in [4.78, 5) is 11.0. The number of rotatable bonds is 2. The van der Waals surface area contributed by atoms with Crippen LogP contribution in [0.4, 0.5) is 0 Å². The lowest BCUT2D eigenvalue weighted by molar-refractivity contribution is 0.651. The zero-order chi connectivity index (χ0) is 35.8. The predicted molar refractivity (Wildman–Crippen MR) is 232 cm³/mol. The molecular formula is C50H27N3OS. The van der Waals surface area contributed by atoms with Crippen LogP contribution in [0.15, 0.2) is 168 Å². The molecule has 0 N–H and O–H groups in total. The number of furan rings is 1. The van der Waals surface area contributed by atoms with Gasteiger partial charge in [0.1, 0.15) is 5.58 Å². The minimum atomic E-state index is 0.575. The quantitative estimate of drug-likeness (QED) is 0.167. The molecule has 13 aromatic rings. The summed E-state index contributed by atoms with van der Waals surface area (Å²) in [5, 5.41) is 16.6. The van der Waals surface area contributed by atoms with Gasteiger partial charge in [-0.3, -0.25) is 4.57 Å². The van der Waals surface area contributed by atoms with Crippen molar-refractivity contribution in [2.45, 2.75) is 0 Å². The molecule has 0 aliphatic carbocycles. The first-order chi connectivity index (χ1) is 27.3. The molecule has 0 fully saturated rings. The van der Waals surface area contributed by atoms with Gasteiger partial charge in [0.05, 0.1) is 22.1 Å². The van der Waals surface area contributed by atoms with E-state index in [0.717, 1.165) is 38.6 Å². The molecule has 0 unspecified atom stereocenters. The van der Waals surface area contributed by atoms with Crippen molar-refractivity contribution in [2.75, 3.05) is 0 Å². The Bertz CT molecular complexity index is 3760. The van der Waals surface area contributed by atoms with Gasteiger partial charge < -0.3 is 4.42 Å². The SMILES string of the molecule is c1ccc2c(c1)ccc1c2c2c3c4ccccc4c4ccccc4c3ccc2n1-c1nc(-c2cccc3sc4ccccc4c23)c2c(n1)oc1ccccc12. The molecule has 0 saturated carbocycles. The zero-order valence-electron chi connectivity index (χ0n) is 29.2. The third-order valence-corrected chi connectivity index (χ3v) is 12.7. The zero-order valence-corrected chi connectivity index (χ0v) is 30.1. The van der Waals surface area contributed by atoms with Gasteiger partial charge in [-0.1, -0.05) is 133 Å². The van der Waals surface area contributed by atoms with Crippen LogP contribution in [-0.2, 0) is 0 Å². The van der Waals surface area contributed by atoms with E-state index in [0.29, 0.717) is 11.7 Å². The number of fused-ring (bicyclic) bond motifs is 18. The van der Waals surface area contributed by atoms with Crippen molar-refractivity contribution in [3.63, 3.8) is 0 Å². The fraction of sp³-hybridized carbons (Fsp3) is 0. The average Bonchev–Trinajstić information content (AvgIpc) is 3.93. The number of hydrogen-bond donors (Lipinski definition) is 0. The van der Waals surface area contributed by atoms with Crippen LogP contribution in [0, 0.1) is 0 Å². The van der Waals surface area contributed by atoms with Crippen molar-refractivity contribution in [1.29, 1.82) is 0 Å². The molecular weight excluding hydrogens is 691 g/mol. The summed E-state index contributed by atoms with van der Waals surface area (Å²) in [6.45, 7) is 0. The number of thiophene rings is 1. The van der Waals surface area contributed by atoms with Gasteiger partial charge in [-0.25, -0.2) is 4.98 Å². The van der Waals surface area contributed by atoms with Crippen molar-refractivity contribution in [2.24, 2.45) is 0 Å². The van der Waals surface area contributed by atoms with Gasteiger partial charge >= 0.3 is 0 Å². The van der Waals surface area contributed by atoms with Crippen LogP contribution < -0.4 is 0 Å². The van der Waals surface area contributed by atoms with Crippen molar-refractivity contribution in [3.8, 4) is 17.2 Å². The van der Waals surface area contributed by atoms with E-state index >= 15 is 0 Å². The Labute approximate surface area is 317 Å². The van der Waals surface area contributed by atoms with Gasteiger partial charge in [0.15, 0.2) is 0 Å². The Morgan fingerprint density at radius 1 is 0.400 bits per heavy atom. The van der Waals surface area contributed by atoms with E-state index in [1.54, 1.807) is 0 Å². The van der Waals surface area contributed by atoms with Gasteiger partial charge in [0.25, 0.3) is 0 Å². The maximum Gasteiger partial charge on any atom is 0.238 e. The Morgan fingerprint density at radius 2 is 1.02 bits per heavy atom. The lowest BCUT2D eigenvalue weighted by atomic mass is 9.91. The summed E-state index contributed by atoms with van der Waals surface area (Å²) in [5.41, 5.74) is 5.42. The highest BCUT2D eigenvalue weighted by Gasteiger charge is 2.25. The van der Waals surface area contributed by atoms with E-state index in [2.05, 4.69) is 156 Å². The maximum absolute atomic E-state index is 6.64. The summed E-state index contributed by atoms with van der Waals surface area (Å²) in [5.74, 6) is 0.581. The second-order valence-electron chi connectivity index (χ2n) is 14.4. The van der Waals surface area contributed by atoms with Crippen LogP contribution in [-0.4, -0.2) is 14.5 Å². The Balaban J connectivity index is 1.24. The molecule has 13 rings (SSSR count). The van der Waals surface area contributed by atoms with Crippen molar-refractivity contribution >= 4 is 118 Å². The van der Waals surface area contributed by atoms with Crippen molar-refractivity contribution in [1.82, 2.24) is 14.5 Å². The van der Waals surface area contributed by atoms with Gasteiger partial charge in [0.2, 0.25) is 11.7 Å². The van der Waals surface area contributed by atoms with Gasteiger partial charge in [-0.05, 0) is 68.0 Å². The molecule has 4 nitrogen and oxygen atoms in total. The number of aromatic nitrogens is 3. The summed E-state index contributed by atoms with van der Waals surface area (Å²) in [6.07, 6.45) is 0. The molecule has 254 valence electrons. The van der Waals surface area contributed by atoms with Gasteiger partial charge in [-0.2, -0.15) is 4.98 Å². The fourth-order valence-corrected chi connectivity index (χ4v) is 10.5. The molecule has 0 amide bonds. The number of nitrogens with zero attached hydrogens (tertiary/aromatic N) is 3. The summed E-state index contributed by atoms with van der Waals surface area (Å²) >= 11 is 1.82. The monoisotopic (exact) mass is 717 g/mol. The Hall–Kier alpha value is -7.08. The minimum Gasteiger partial charge on any atom is -0.437 e. The van der Waals surface area contributed by atoms with Crippen LogP contribution >= 0.6 is 11.3 Å². The lowest BCUT2D eigenvalue weighted by Crippen LogP contribution is -2.03. The first-order valence-electron chi connectivity index (χ1n) is 18.6. The molecule has 0 saturated heterocycles. The normalized spacial score (nSPS) is 12.4. The van der Waals surface area contributed by atoms with Crippen LogP contribution in [0.1, 0.15) is 0 Å². The van der Waals surface area contributed by atoms with Crippen LogP contribution in [0.5, 0.6) is 0 Å². The second kappa shape index (κ2) is 10.8. The number of hydrogen-bond acceptors (Lipinski definition) is 4. The van der Waals surface area contributed by atoms with Crippen LogP contribution in [0.25, 0.3) is 124 Å². The third kappa shape index (κ3) is 3.89. The molecule has 0 atom stereocenters. The third-order valence-electron chi connectivity index (χ3n) is 11.6. The molecule has 0 bridgehead atoms. The maximum atomic E-state index is 6.64. The molecule has 0 radical (unpaired) electrons. The van der Waals surface area contributed by atoms with Gasteiger partial charge in [-0.15, -0.1) is 11.3 Å². The Kier molecular flexibility index (Phi) is 5.74. The number of para-hydroxylation sites is 1. The second-order valence-corrected chi connectivity index (χ2v) is 15.5. The van der Waals surface area contributed by atoms with E-state index in [1.807, 2.05) is 23.5 Å². The Morgan fingerprint density at radius 3 is 1.85 bits per heavy atom. The lowest BCUT2D eigenvalue weighted by Gasteiger charge is -2.13. The van der Waals surface area contributed by atoms with Crippen molar-refractivity contribution < 1.29 is 4.42 Å². The fourth-order valence-electron chi connectivity index (χ4n) is 9.36. The van der Waals surface area contributed by atoms with E-state index in [1.165, 1.54) is 74.0 Å². The summed E-state index contributed by atoms with van der Waals surface area (Å²) in [6, 6.07) is 58.8. The van der Waals surface area contributed by atoms with E-state index in [-0.39, 0.29) is 0 Å². The highest BCUT2D eigenvalue weighted by molar-refractivity contribution is 7.25. The first kappa shape index (κ1) is 29.4. The van der Waals surface area contributed by atoms with E-state index < -0.39 is 0 Å². The van der Waals surface area contributed by atoms with Crippen molar-refractivity contribution in [3.05, 3.63) is 164 Å². The first-order valence-corrected chi connectivity index (χ1v) is 19.4. The molecule has 0 aliphatic heterocycles. The van der Waals surface area contributed by atoms with E-state index in [4.69, 9.17) is 14.4 Å². The smallest absolute Gasteiger partial charge is 0.238 e. The van der Waals surface area contributed by atoms with Crippen LogP contribution in [0.3, 0.4) is 0 Å². The number of benzene rings is 9. The average molecular weight is 718 g/mol. The highest BCUT2D eigenvalue weighted by atomic mass is 32.1. The summed E-state index contributed by atoms with van der Waals surface area (Å²) < 4.78 is 11.4. The topological polar surface area (TPSA) is 43.9 Å². The molecule has 9 aromatic carbocycles. The molecule has 5 heteroatoms.